The SMILES string of the molecule is Cc1nnc2n1-c1ccccc1C(c1ccc(Cl)cc1)=NC2C(=O)NNc1ccccc1. The third-order valence-corrected chi connectivity index (χ3v) is 5.47. The van der Waals surface area contributed by atoms with Crippen LogP contribution in [-0.2, 0) is 4.79 Å². The average Bonchev–Trinajstić information content (AvgIpc) is 3.13. The first kappa shape index (κ1) is 20.0. The summed E-state index contributed by atoms with van der Waals surface area (Å²) in [6.07, 6.45) is 0. The van der Waals surface area contributed by atoms with Gasteiger partial charge in [0.1, 0.15) is 5.82 Å². The molecule has 1 atom stereocenters. The Morgan fingerprint density at radius 1 is 0.938 bits per heavy atom. The molecule has 2 N–H and O–H groups in total. The number of nitrogens with zero attached hydrogens (tertiary/aromatic N) is 4. The fraction of sp³-hybridized carbons (Fsp3) is 0.0833. The molecule has 0 fully saturated rings. The van der Waals surface area contributed by atoms with Crippen molar-refractivity contribution in [1.82, 2.24) is 20.2 Å². The molecule has 0 spiro atoms. The lowest BCUT2D eigenvalue weighted by atomic mass is 10.0. The molecule has 5 rings (SSSR count). The molecular weight excluding hydrogens is 424 g/mol. The number of carbonyl (C=O) groups is 1. The second-order valence-corrected chi connectivity index (χ2v) is 7.76. The minimum Gasteiger partial charge on any atom is -0.299 e. The number of aliphatic imine (C=N–C) groups is 1. The van der Waals surface area contributed by atoms with E-state index in [1.165, 1.54) is 0 Å². The smallest absolute Gasteiger partial charge is 0.271 e. The van der Waals surface area contributed by atoms with Gasteiger partial charge in [0.05, 0.1) is 17.1 Å². The lowest BCUT2D eigenvalue weighted by molar-refractivity contribution is -0.122. The summed E-state index contributed by atoms with van der Waals surface area (Å²) < 4.78 is 1.88. The molecule has 3 aromatic carbocycles. The fourth-order valence-electron chi connectivity index (χ4n) is 3.72. The second-order valence-electron chi connectivity index (χ2n) is 7.33. The van der Waals surface area contributed by atoms with Gasteiger partial charge in [-0.25, -0.2) is 0 Å². The first-order valence-corrected chi connectivity index (χ1v) is 10.5. The molecule has 4 aromatic rings. The van der Waals surface area contributed by atoms with Crippen LogP contribution in [0.15, 0.2) is 83.9 Å². The highest BCUT2D eigenvalue weighted by Gasteiger charge is 2.32. The van der Waals surface area contributed by atoms with Crippen molar-refractivity contribution in [3.8, 4) is 5.69 Å². The van der Waals surface area contributed by atoms with E-state index in [4.69, 9.17) is 16.6 Å². The van der Waals surface area contributed by atoms with Gasteiger partial charge in [-0.15, -0.1) is 10.2 Å². The highest BCUT2D eigenvalue weighted by atomic mass is 35.5. The van der Waals surface area contributed by atoms with Gasteiger partial charge < -0.3 is 0 Å². The van der Waals surface area contributed by atoms with Gasteiger partial charge in [-0.1, -0.05) is 60.1 Å². The van der Waals surface area contributed by atoms with Crippen molar-refractivity contribution in [2.24, 2.45) is 4.99 Å². The second kappa shape index (κ2) is 8.28. The number of hydrogen-bond donors (Lipinski definition) is 2. The molecule has 8 heteroatoms. The van der Waals surface area contributed by atoms with Crippen molar-refractivity contribution in [1.29, 1.82) is 0 Å². The summed E-state index contributed by atoms with van der Waals surface area (Å²) >= 11 is 6.10. The van der Waals surface area contributed by atoms with Gasteiger partial charge in [0, 0.05) is 16.1 Å². The maximum Gasteiger partial charge on any atom is 0.271 e. The zero-order chi connectivity index (χ0) is 22.1. The number of aromatic nitrogens is 3. The van der Waals surface area contributed by atoms with E-state index in [0.717, 1.165) is 22.5 Å². The van der Waals surface area contributed by atoms with E-state index >= 15 is 0 Å². The molecule has 2 heterocycles. The minimum atomic E-state index is -0.912. The maximum absolute atomic E-state index is 13.3. The number of amides is 1. The molecule has 7 nitrogen and oxygen atoms in total. The third kappa shape index (κ3) is 3.63. The number of para-hydroxylation sites is 2. The first-order valence-electron chi connectivity index (χ1n) is 10.1. The fourth-order valence-corrected chi connectivity index (χ4v) is 3.84. The topological polar surface area (TPSA) is 84.2 Å². The number of nitrogens with one attached hydrogen (secondary N) is 2. The van der Waals surface area contributed by atoms with Crippen LogP contribution in [0.3, 0.4) is 0 Å². The van der Waals surface area contributed by atoms with Crippen LogP contribution in [0.25, 0.3) is 5.69 Å². The number of carbonyl (C=O) groups excluding carboxylic acids is 1. The Hall–Kier alpha value is -3.97. The summed E-state index contributed by atoms with van der Waals surface area (Å²) in [5.74, 6) is 0.780. The number of aryl methyl sites for hydroxylation is 1. The highest BCUT2D eigenvalue weighted by Crippen LogP contribution is 2.31. The molecule has 0 saturated heterocycles. The number of hydrazine groups is 1. The predicted molar refractivity (Wildman–Crippen MR) is 124 cm³/mol. The standard InChI is InChI=1S/C24H19ClN6O/c1-15-27-29-23-22(24(32)30-28-18-7-3-2-4-8-18)26-21(16-11-13-17(25)14-12-16)19-9-5-6-10-20(19)31(15)23/h2-14,22,28H,1H3,(H,30,32). The zero-order valence-corrected chi connectivity index (χ0v) is 17.9. The number of hydrogen-bond acceptors (Lipinski definition) is 5. The number of halogens is 1. The lowest BCUT2D eigenvalue weighted by Gasteiger charge is -2.14. The molecule has 158 valence electrons. The average molecular weight is 443 g/mol. The van der Waals surface area contributed by atoms with Crippen LogP contribution in [0.5, 0.6) is 0 Å². The molecule has 0 aliphatic carbocycles. The molecule has 32 heavy (non-hydrogen) atoms. The summed E-state index contributed by atoms with van der Waals surface area (Å²) in [6, 6.07) is 23.7. The Labute approximate surface area is 189 Å². The summed E-state index contributed by atoms with van der Waals surface area (Å²) in [5, 5.41) is 9.17. The van der Waals surface area contributed by atoms with E-state index in [-0.39, 0.29) is 5.91 Å². The van der Waals surface area contributed by atoms with Crippen molar-refractivity contribution < 1.29 is 4.79 Å². The van der Waals surface area contributed by atoms with Gasteiger partial charge in [0.15, 0.2) is 11.9 Å². The van der Waals surface area contributed by atoms with Crippen LogP contribution in [0.2, 0.25) is 5.02 Å². The molecule has 0 bridgehead atoms. The van der Waals surface area contributed by atoms with Crippen LogP contribution < -0.4 is 10.9 Å². The molecule has 1 amide bonds. The molecule has 0 radical (unpaired) electrons. The van der Waals surface area contributed by atoms with Gasteiger partial charge in [0.2, 0.25) is 0 Å². The van der Waals surface area contributed by atoms with Gasteiger partial charge in [-0.05, 0) is 37.3 Å². The molecule has 1 unspecified atom stereocenters. The lowest BCUT2D eigenvalue weighted by Crippen LogP contribution is -2.34. The predicted octanol–water partition coefficient (Wildman–Crippen LogP) is 4.26. The minimum absolute atomic E-state index is 0.346. The van der Waals surface area contributed by atoms with Gasteiger partial charge in [0.25, 0.3) is 5.91 Å². The quantitative estimate of drug-likeness (QED) is 0.462. The van der Waals surface area contributed by atoms with Crippen LogP contribution in [0, 0.1) is 6.92 Å². The third-order valence-electron chi connectivity index (χ3n) is 5.22. The molecule has 0 saturated carbocycles. The molecule has 1 aliphatic rings. The van der Waals surface area contributed by atoms with Crippen molar-refractivity contribution >= 4 is 28.9 Å². The Bertz CT molecular complexity index is 1310. The maximum atomic E-state index is 13.3. The summed E-state index contributed by atoms with van der Waals surface area (Å²) in [5.41, 5.74) is 9.74. The number of benzene rings is 3. The van der Waals surface area contributed by atoms with Crippen molar-refractivity contribution in [3.63, 3.8) is 0 Å². The van der Waals surface area contributed by atoms with Crippen LogP contribution >= 0.6 is 11.6 Å². The summed E-state index contributed by atoms with van der Waals surface area (Å²) in [6.45, 7) is 1.86. The Kier molecular flexibility index (Phi) is 5.17. The van der Waals surface area contributed by atoms with Gasteiger partial charge in [-0.3, -0.25) is 25.2 Å². The van der Waals surface area contributed by atoms with E-state index < -0.39 is 6.04 Å². The van der Waals surface area contributed by atoms with Crippen LogP contribution in [-0.4, -0.2) is 26.4 Å². The summed E-state index contributed by atoms with van der Waals surface area (Å²) in [4.78, 5) is 18.2. The van der Waals surface area contributed by atoms with Crippen LogP contribution in [0.4, 0.5) is 5.69 Å². The van der Waals surface area contributed by atoms with Gasteiger partial charge >= 0.3 is 0 Å². The van der Waals surface area contributed by atoms with E-state index in [2.05, 4.69) is 21.0 Å². The van der Waals surface area contributed by atoms with Crippen molar-refractivity contribution in [2.45, 2.75) is 13.0 Å². The first-order chi connectivity index (χ1) is 15.6. The number of rotatable bonds is 4. The normalized spacial score (nSPS) is 14.6. The van der Waals surface area contributed by atoms with Crippen molar-refractivity contribution in [3.05, 3.63) is 107 Å². The van der Waals surface area contributed by atoms with E-state index in [9.17, 15) is 4.79 Å². The van der Waals surface area contributed by atoms with Crippen LogP contribution in [0.1, 0.15) is 28.8 Å². The Balaban J connectivity index is 1.62. The van der Waals surface area contributed by atoms with Crippen molar-refractivity contribution in [2.75, 3.05) is 5.43 Å². The van der Waals surface area contributed by atoms with Gasteiger partial charge in [-0.2, -0.15) is 0 Å². The highest BCUT2D eigenvalue weighted by molar-refractivity contribution is 6.30. The largest absolute Gasteiger partial charge is 0.299 e. The molecule has 1 aromatic heterocycles. The van der Waals surface area contributed by atoms with E-state index in [1.54, 1.807) is 0 Å². The monoisotopic (exact) mass is 442 g/mol. The Morgan fingerprint density at radius 2 is 1.66 bits per heavy atom. The number of anilines is 1. The zero-order valence-electron chi connectivity index (χ0n) is 17.2. The van der Waals surface area contributed by atoms with E-state index in [1.807, 2.05) is 90.4 Å². The molecular formula is C24H19ClN6O. The Morgan fingerprint density at radius 3 is 2.44 bits per heavy atom. The van der Waals surface area contributed by atoms with E-state index in [0.29, 0.717) is 22.4 Å². The number of fused-ring (bicyclic) bond motifs is 3. The summed E-state index contributed by atoms with van der Waals surface area (Å²) in [7, 11) is 0. The molecule has 1 aliphatic heterocycles.